The molecule has 3 aromatic rings. The number of ether oxygens (including phenoxy) is 1. The minimum Gasteiger partial charge on any atom is -0.497 e. The van der Waals surface area contributed by atoms with Gasteiger partial charge in [-0.05, 0) is 30.3 Å². The molecule has 1 N–H and O–H groups in total. The second-order valence-electron chi connectivity index (χ2n) is 5.39. The van der Waals surface area contributed by atoms with Crippen LogP contribution < -0.4 is 15.7 Å². The van der Waals surface area contributed by atoms with Crippen LogP contribution in [0.25, 0.3) is 10.9 Å². The van der Waals surface area contributed by atoms with Gasteiger partial charge in [-0.3, -0.25) is 9.59 Å². The van der Waals surface area contributed by atoms with Crippen molar-refractivity contribution in [2.45, 2.75) is 6.54 Å². The van der Waals surface area contributed by atoms with Crippen LogP contribution in [0.1, 0.15) is 5.56 Å². The first-order chi connectivity index (χ1) is 12.6. The molecule has 8 heteroatoms. The summed E-state index contributed by atoms with van der Waals surface area (Å²) in [5.74, 6) is 0.271. The van der Waals surface area contributed by atoms with Crippen LogP contribution in [0.2, 0.25) is 5.15 Å². The number of aromatic nitrogens is 2. The monoisotopic (exact) mass is 370 g/mol. The first-order valence-electron chi connectivity index (χ1n) is 7.68. The zero-order valence-corrected chi connectivity index (χ0v) is 14.6. The predicted octanol–water partition coefficient (Wildman–Crippen LogP) is 2.21. The van der Waals surface area contributed by atoms with Gasteiger partial charge in [-0.2, -0.15) is 5.10 Å². The SMILES string of the molecule is COc1ccc2nc(Cl)c(/C=N\NC(=O)Cn3ccccc3=O)cc2c1. The zero-order valence-electron chi connectivity index (χ0n) is 13.8. The highest BCUT2D eigenvalue weighted by Gasteiger charge is 2.06. The summed E-state index contributed by atoms with van der Waals surface area (Å²) < 4.78 is 6.47. The summed E-state index contributed by atoms with van der Waals surface area (Å²) in [7, 11) is 1.58. The minimum absolute atomic E-state index is 0.127. The quantitative estimate of drug-likeness (QED) is 0.424. The molecule has 0 spiro atoms. The van der Waals surface area contributed by atoms with Gasteiger partial charge in [0.1, 0.15) is 17.4 Å². The lowest BCUT2D eigenvalue weighted by Crippen LogP contribution is -2.29. The maximum atomic E-state index is 11.9. The highest BCUT2D eigenvalue weighted by molar-refractivity contribution is 6.32. The molecule has 0 radical (unpaired) electrons. The third-order valence-electron chi connectivity index (χ3n) is 3.61. The molecule has 2 aromatic heterocycles. The Balaban J connectivity index is 1.73. The fraction of sp³-hybridized carbons (Fsp3) is 0.111. The number of hydrazone groups is 1. The largest absolute Gasteiger partial charge is 0.497 e. The fourth-order valence-electron chi connectivity index (χ4n) is 2.32. The third-order valence-corrected chi connectivity index (χ3v) is 3.91. The number of rotatable bonds is 5. The molecule has 2 heterocycles. The standard InChI is InChI=1S/C18H15ClN4O3/c1-26-14-5-6-15-12(9-14)8-13(18(19)21-15)10-20-22-16(24)11-23-7-3-2-4-17(23)25/h2-10H,11H2,1H3,(H,22,24)/b20-10-. The predicted molar refractivity (Wildman–Crippen MR) is 99.7 cm³/mol. The number of benzene rings is 1. The first-order valence-corrected chi connectivity index (χ1v) is 8.06. The van der Waals surface area contributed by atoms with Crippen LogP contribution in [-0.2, 0) is 11.3 Å². The molecule has 0 aliphatic heterocycles. The van der Waals surface area contributed by atoms with Crippen molar-refractivity contribution < 1.29 is 9.53 Å². The van der Waals surface area contributed by atoms with Gasteiger partial charge in [-0.25, -0.2) is 10.4 Å². The van der Waals surface area contributed by atoms with Gasteiger partial charge in [0.2, 0.25) is 0 Å². The average Bonchev–Trinajstić information content (AvgIpc) is 2.63. The number of hydrogen-bond acceptors (Lipinski definition) is 5. The van der Waals surface area contributed by atoms with Gasteiger partial charge in [0.15, 0.2) is 0 Å². The number of fused-ring (bicyclic) bond motifs is 1. The van der Waals surface area contributed by atoms with Crippen LogP contribution in [0.15, 0.2) is 58.6 Å². The summed E-state index contributed by atoms with van der Waals surface area (Å²) in [6.45, 7) is -0.127. The molecule has 0 saturated heterocycles. The highest BCUT2D eigenvalue weighted by atomic mass is 35.5. The summed E-state index contributed by atoms with van der Waals surface area (Å²) in [6, 6.07) is 11.9. The van der Waals surface area contributed by atoms with Gasteiger partial charge in [-0.1, -0.05) is 17.7 Å². The number of amides is 1. The zero-order chi connectivity index (χ0) is 18.5. The Labute approximate surface area is 153 Å². The summed E-state index contributed by atoms with van der Waals surface area (Å²) in [4.78, 5) is 27.8. The minimum atomic E-state index is -0.430. The normalized spacial score (nSPS) is 11.0. The Morgan fingerprint density at radius 2 is 2.19 bits per heavy atom. The van der Waals surface area contributed by atoms with Crippen LogP contribution in [0, 0.1) is 0 Å². The molecule has 0 fully saturated rings. The Morgan fingerprint density at radius 1 is 1.35 bits per heavy atom. The second-order valence-corrected chi connectivity index (χ2v) is 5.75. The van der Waals surface area contributed by atoms with E-state index in [2.05, 4.69) is 15.5 Å². The van der Waals surface area contributed by atoms with E-state index in [1.54, 1.807) is 37.4 Å². The lowest BCUT2D eigenvalue weighted by molar-refractivity contribution is -0.121. The molecular formula is C18H15ClN4O3. The van der Waals surface area contributed by atoms with Crippen LogP contribution >= 0.6 is 11.6 Å². The van der Waals surface area contributed by atoms with Crippen molar-refractivity contribution in [3.63, 3.8) is 0 Å². The number of carbonyl (C=O) groups excluding carboxylic acids is 1. The van der Waals surface area contributed by atoms with Gasteiger partial charge in [0.05, 0.1) is 18.8 Å². The summed E-state index contributed by atoms with van der Waals surface area (Å²) in [5, 5.41) is 4.98. The molecule has 132 valence electrons. The molecule has 0 aliphatic rings. The first kappa shape index (κ1) is 17.6. The highest BCUT2D eigenvalue weighted by Crippen LogP contribution is 2.23. The van der Waals surface area contributed by atoms with Gasteiger partial charge in [0.25, 0.3) is 11.5 Å². The van der Waals surface area contributed by atoms with E-state index in [1.165, 1.54) is 23.0 Å². The van der Waals surface area contributed by atoms with Crippen molar-refractivity contribution in [1.29, 1.82) is 0 Å². The number of nitrogens with zero attached hydrogens (tertiary/aromatic N) is 3. The van der Waals surface area contributed by atoms with E-state index in [0.29, 0.717) is 11.3 Å². The van der Waals surface area contributed by atoms with E-state index >= 15 is 0 Å². The Bertz CT molecular complexity index is 1050. The van der Waals surface area contributed by atoms with Gasteiger partial charge < -0.3 is 9.30 Å². The van der Waals surface area contributed by atoms with E-state index in [0.717, 1.165) is 10.9 Å². The van der Waals surface area contributed by atoms with Crippen LogP contribution in [0.5, 0.6) is 5.75 Å². The molecule has 1 aromatic carbocycles. The maximum absolute atomic E-state index is 11.9. The third kappa shape index (κ3) is 4.07. The Kier molecular flexibility index (Phi) is 5.28. The molecule has 26 heavy (non-hydrogen) atoms. The van der Waals surface area contributed by atoms with Crippen molar-refractivity contribution in [3.05, 3.63) is 69.7 Å². The van der Waals surface area contributed by atoms with Crippen molar-refractivity contribution in [2.75, 3.05) is 7.11 Å². The molecule has 3 rings (SSSR count). The molecule has 1 amide bonds. The smallest absolute Gasteiger partial charge is 0.260 e. The molecule has 0 saturated carbocycles. The van der Waals surface area contributed by atoms with Crippen LogP contribution in [-0.4, -0.2) is 28.8 Å². The van der Waals surface area contributed by atoms with E-state index < -0.39 is 5.91 Å². The summed E-state index contributed by atoms with van der Waals surface area (Å²) in [6.07, 6.45) is 2.93. The van der Waals surface area contributed by atoms with E-state index in [1.807, 2.05) is 6.07 Å². The van der Waals surface area contributed by atoms with Gasteiger partial charge >= 0.3 is 0 Å². The van der Waals surface area contributed by atoms with Crippen molar-refractivity contribution in [3.8, 4) is 5.75 Å². The van der Waals surface area contributed by atoms with Gasteiger partial charge in [0, 0.05) is 23.2 Å². The molecule has 7 nitrogen and oxygen atoms in total. The topological polar surface area (TPSA) is 85.6 Å². The Hall–Kier alpha value is -3.19. The van der Waals surface area contributed by atoms with E-state index in [9.17, 15) is 9.59 Å². The van der Waals surface area contributed by atoms with E-state index in [-0.39, 0.29) is 17.3 Å². The fourth-order valence-corrected chi connectivity index (χ4v) is 2.51. The average molecular weight is 371 g/mol. The molecule has 0 atom stereocenters. The van der Waals surface area contributed by atoms with Crippen molar-refractivity contribution >= 4 is 34.6 Å². The summed E-state index contributed by atoms with van der Waals surface area (Å²) >= 11 is 6.15. The lowest BCUT2D eigenvalue weighted by Gasteiger charge is -2.05. The molecular weight excluding hydrogens is 356 g/mol. The second kappa shape index (κ2) is 7.79. The Morgan fingerprint density at radius 3 is 2.96 bits per heavy atom. The van der Waals surface area contributed by atoms with Crippen molar-refractivity contribution in [1.82, 2.24) is 15.0 Å². The number of methoxy groups -OCH3 is 1. The molecule has 0 unspecified atom stereocenters. The van der Waals surface area contributed by atoms with E-state index in [4.69, 9.17) is 16.3 Å². The number of pyridine rings is 2. The van der Waals surface area contributed by atoms with Crippen LogP contribution in [0.4, 0.5) is 0 Å². The number of carbonyl (C=O) groups is 1. The maximum Gasteiger partial charge on any atom is 0.260 e. The number of halogens is 1. The van der Waals surface area contributed by atoms with Gasteiger partial charge in [-0.15, -0.1) is 0 Å². The molecule has 0 aliphatic carbocycles. The molecule has 0 bridgehead atoms. The summed E-state index contributed by atoms with van der Waals surface area (Å²) in [5.41, 5.74) is 3.37. The van der Waals surface area contributed by atoms with Crippen LogP contribution in [0.3, 0.4) is 0 Å². The number of nitrogens with one attached hydrogen (secondary N) is 1. The lowest BCUT2D eigenvalue weighted by atomic mass is 10.1. The van der Waals surface area contributed by atoms with Crippen molar-refractivity contribution in [2.24, 2.45) is 5.10 Å². The number of hydrogen-bond donors (Lipinski definition) is 1.